The number of aliphatic carboxylic acids is 1. The molecule has 20 heavy (non-hydrogen) atoms. The summed E-state index contributed by atoms with van der Waals surface area (Å²) >= 11 is 0. The Kier molecular flexibility index (Phi) is 10.9. The average molecular weight is 290 g/mol. The van der Waals surface area contributed by atoms with Gasteiger partial charge in [0.25, 0.3) is 0 Å². The number of carboxylic acid groups (broad SMARTS) is 1. The summed E-state index contributed by atoms with van der Waals surface area (Å²) in [6.07, 6.45) is 0.923. The third kappa shape index (κ3) is 11.9. The second kappa shape index (κ2) is 11.6. The lowest BCUT2D eigenvalue weighted by atomic mass is 10.4. The van der Waals surface area contributed by atoms with E-state index in [1.54, 1.807) is 0 Å². The third-order valence-electron chi connectivity index (χ3n) is 2.43. The van der Waals surface area contributed by atoms with Crippen molar-refractivity contribution >= 4 is 11.9 Å². The number of nitrogens with zero attached hydrogens (tertiary/aromatic N) is 1. The number of hydrogen-bond donors (Lipinski definition) is 2. The topological polar surface area (TPSA) is 88.1 Å². The molecule has 0 spiro atoms. The third-order valence-corrected chi connectivity index (χ3v) is 2.43. The van der Waals surface area contributed by atoms with Gasteiger partial charge in [-0.25, -0.2) is 0 Å². The largest absolute Gasteiger partial charge is 0.480 e. The summed E-state index contributed by atoms with van der Waals surface area (Å²) in [6, 6.07) is 0. The van der Waals surface area contributed by atoms with Crippen molar-refractivity contribution in [2.75, 3.05) is 46.5 Å². The molecule has 0 saturated heterocycles. The summed E-state index contributed by atoms with van der Waals surface area (Å²) in [7, 11) is 1.54. The summed E-state index contributed by atoms with van der Waals surface area (Å²) < 4.78 is 10.2. The Labute approximate surface area is 120 Å². The molecular weight excluding hydrogens is 264 g/mol. The highest BCUT2D eigenvalue weighted by Gasteiger charge is 2.13. The fourth-order valence-electron chi connectivity index (χ4n) is 1.50. The van der Waals surface area contributed by atoms with Crippen molar-refractivity contribution in [1.29, 1.82) is 0 Å². The minimum absolute atomic E-state index is 0.0562. The number of carboxylic acids is 1. The molecule has 0 fully saturated rings. The number of nitrogens with one attached hydrogen (secondary N) is 1. The SMILES string of the molecule is COCCN(CC(=O)O)CC(=O)NCCCOC(C)C. The first-order chi connectivity index (χ1) is 9.45. The van der Waals surface area contributed by atoms with Gasteiger partial charge in [-0.3, -0.25) is 14.5 Å². The van der Waals surface area contributed by atoms with Crippen LogP contribution in [0.3, 0.4) is 0 Å². The molecule has 1 amide bonds. The van der Waals surface area contributed by atoms with Crippen LogP contribution in [0.5, 0.6) is 0 Å². The molecule has 0 aliphatic heterocycles. The predicted molar refractivity (Wildman–Crippen MR) is 74.7 cm³/mol. The number of ether oxygens (including phenoxy) is 2. The van der Waals surface area contributed by atoms with Crippen LogP contribution in [0.15, 0.2) is 0 Å². The Morgan fingerprint density at radius 1 is 1.25 bits per heavy atom. The quantitative estimate of drug-likeness (QED) is 0.490. The number of hydrogen-bond acceptors (Lipinski definition) is 5. The first kappa shape index (κ1) is 18.8. The summed E-state index contributed by atoms with van der Waals surface area (Å²) in [5.74, 6) is -1.15. The molecule has 0 unspecified atom stereocenters. The molecule has 0 aromatic rings. The minimum atomic E-state index is -0.959. The predicted octanol–water partition coefficient (Wildman–Crippen LogP) is -0.0493. The number of amides is 1. The number of methoxy groups -OCH3 is 1. The highest BCUT2D eigenvalue weighted by Crippen LogP contribution is 1.91. The molecule has 0 aromatic heterocycles. The van der Waals surface area contributed by atoms with Crippen LogP contribution in [0.25, 0.3) is 0 Å². The van der Waals surface area contributed by atoms with Crippen LogP contribution in [0.2, 0.25) is 0 Å². The Morgan fingerprint density at radius 2 is 1.95 bits per heavy atom. The molecule has 0 aliphatic rings. The standard InChI is InChI=1S/C13H26N2O5/c1-11(2)20-7-4-5-14-12(16)9-15(6-8-19-3)10-13(17)18/h11H,4-10H2,1-3H3,(H,14,16)(H,17,18). The Hall–Kier alpha value is -1.18. The highest BCUT2D eigenvalue weighted by atomic mass is 16.5. The molecule has 2 N–H and O–H groups in total. The van der Waals surface area contributed by atoms with E-state index in [0.717, 1.165) is 6.42 Å². The number of rotatable bonds is 12. The number of carbonyl (C=O) groups excluding carboxylic acids is 1. The zero-order valence-electron chi connectivity index (χ0n) is 12.6. The summed E-state index contributed by atoms with van der Waals surface area (Å²) in [5, 5.41) is 11.5. The Bertz CT molecular complexity index is 284. The van der Waals surface area contributed by atoms with E-state index < -0.39 is 5.97 Å². The Balaban J connectivity index is 3.84. The van der Waals surface area contributed by atoms with Gasteiger partial charge >= 0.3 is 5.97 Å². The van der Waals surface area contributed by atoms with Crippen molar-refractivity contribution in [3.63, 3.8) is 0 Å². The van der Waals surface area contributed by atoms with Crippen molar-refractivity contribution in [3.05, 3.63) is 0 Å². The molecule has 0 atom stereocenters. The van der Waals surface area contributed by atoms with E-state index in [-0.39, 0.29) is 25.1 Å². The molecule has 7 nitrogen and oxygen atoms in total. The highest BCUT2D eigenvalue weighted by molar-refractivity contribution is 5.78. The summed E-state index contributed by atoms with van der Waals surface area (Å²) in [5.41, 5.74) is 0. The summed E-state index contributed by atoms with van der Waals surface area (Å²) in [4.78, 5) is 23.9. The van der Waals surface area contributed by atoms with Gasteiger partial charge in [0.15, 0.2) is 0 Å². The van der Waals surface area contributed by atoms with E-state index in [1.807, 2.05) is 13.8 Å². The maximum atomic E-state index is 11.7. The maximum absolute atomic E-state index is 11.7. The van der Waals surface area contributed by atoms with Crippen LogP contribution in [0.4, 0.5) is 0 Å². The number of carbonyl (C=O) groups is 2. The lowest BCUT2D eigenvalue weighted by Crippen LogP contribution is -2.41. The molecule has 0 bridgehead atoms. The van der Waals surface area contributed by atoms with Crippen LogP contribution in [-0.2, 0) is 19.1 Å². The van der Waals surface area contributed by atoms with E-state index in [9.17, 15) is 9.59 Å². The normalized spacial score (nSPS) is 11.1. The van der Waals surface area contributed by atoms with Crippen LogP contribution < -0.4 is 5.32 Å². The van der Waals surface area contributed by atoms with Crippen LogP contribution in [-0.4, -0.2) is 74.5 Å². The van der Waals surface area contributed by atoms with E-state index in [0.29, 0.717) is 26.3 Å². The monoisotopic (exact) mass is 290 g/mol. The fraction of sp³-hybridized carbons (Fsp3) is 0.846. The van der Waals surface area contributed by atoms with Crippen molar-refractivity contribution in [1.82, 2.24) is 10.2 Å². The van der Waals surface area contributed by atoms with Gasteiger partial charge in [-0.05, 0) is 20.3 Å². The van der Waals surface area contributed by atoms with Gasteiger partial charge in [-0.2, -0.15) is 0 Å². The van der Waals surface area contributed by atoms with E-state index in [4.69, 9.17) is 14.6 Å². The van der Waals surface area contributed by atoms with Crippen LogP contribution >= 0.6 is 0 Å². The van der Waals surface area contributed by atoms with Gasteiger partial charge in [-0.1, -0.05) is 0 Å². The van der Waals surface area contributed by atoms with Gasteiger partial charge in [0.1, 0.15) is 0 Å². The van der Waals surface area contributed by atoms with Gasteiger partial charge in [-0.15, -0.1) is 0 Å². The van der Waals surface area contributed by atoms with E-state index >= 15 is 0 Å². The molecule has 0 rings (SSSR count). The molecule has 0 heterocycles. The summed E-state index contributed by atoms with van der Waals surface area (Å²) in [6.45, 7) is 5.72. The molecule has 0 radical (unpaired) electrons. The second-order valence-electron chi connectivity index (χ2n) is 4.72. The molecular formula is C13H26N2O5. The zero-order chi connectivity index (χ0) is 15.4. The van der Waals surface area contributed by atoms with Crippen molar-refractivity contribution in [2.24, 2.45) is 0 Å². The second-order valence-corrected chi connectivity index (χ2v) is 4.72. The fourth-order valence-corrected chi connectivity index (χ4v) is 1.50. The lowest BCUT2D eigenvalue weighted by molar-refractivity contribution is -0.138. The van der Waals surface area contributed by atoms with E-state index in [2.05, 4.69) is 5.32 Å². The first-order valence-electron chi connectivity index (χ1n) is 6.77. The van der Waals surface area contributed by atoms with Crippen LogP contribution in [0.1, 0.15) is 20.3 Å². The lowest BCUT2D eigenvalue weighted by Gasteiger charge is -2.19. The van der Waals surface area contributed by atoms with Gasteiger partial charge < -0.3 is 19.9 Å². The maximum Gasteiger partial charge on any atom is 0.317 e. The van der Waals surface area contributed by atoms with E-state index in [1.165, 1.54) is 12.0 Å². The van der Waals surface area contributed by atoms with Crippen molar-refractivity contribution < 1.29 is 24.2 Å². The van der Waals surface area contributed by atoms with Crippen molar-refractivity contribution in [2.45, 2.75) is 26.4 Å². The minimum Gasteiger partial charge on any atom is -0.480 e. The molecule has 0 aromatic carbocycles. The Morgan fingerprint density at radius 3 is 2.50 bits per heavy atom. The molecule has 0 saturated carbocycles. The molecule has 118 valence electrons. The van der Waals surface area contributed by atoms with Crippen LogP contribution in [0, 0.1) is 0 Å². The smallest absolute Gasteiger partial charge is 0.317 e. The average Bonchev–Trinajstić information content (AvgIpc) is 2.34. The van der Waals surface area contributed by atoms with Gasteiger partial charge in [0, 0.05) is 26.8 Å². The zero-order valence-corrected chi connectivity index (χ0v) is 12.6. The molecule has 0 aliphatic carbocycles. The molecule has 7 heteroatoms. The first-order valence-corrected chi connectivity index (χ1v) is 6.77. The van der Waals surface area contributed by atoms with Gasteiger partial charge in [0.05, 0.1) is 25.8 Å². The van der Waals surface area contributed by atoms with Crippen molar-refractivity contribution in [3.8, 4) is 0 Å². The van der Waals surface area contributed by atoms with Gasteiger partial charge in [0.2, 0.25) is 5.91 Å².